The molecule has 1 heterocycles. The molecule has 5 nitrogen and oxygen atoms in total. The maximum atomic E-state index is 11.2. The van der Waals surface area contributed by atoms with Crippen LogP contribution >= 0.6 is 0 Å². The van der Waals surface area contributed by atoms with E-state index in [2.05, 4.69) is 10.3 Å². The first-order valence-electron chi connectivity index (χ1n) is 5.13. The van der Waals surface area contributed by atoms with Crippen molar-refractivity contribution in [2.24, 2.45) is 0 Å². The van der Waals surface area contributed by atoms with E-state index in [9.17, 15) is 4.79 Å². The number of nitrogens with zero attached hydrogens (tertiary/aromatic N) is 2. The number of aliphatic hydroxyl groups is 1. The molecule has 0 fully saturated rings. The lowest BCUT2D eigenvalue weighted by Crippen LogP contribution is -2.22. The van der Waals surface area contributed by atoms with Crippen LogP contribution in [-0.2, 0) is 6.54 Å². The standard InChI is InChI=1S/C11H17N3O2/c1-12-11(16)10-4-3-9(7-13-10)8-14(2)5-6-15/h3-4,7,15H,5-6,8H2,1-2H3,(H,12,16). The summed E-state index contributed by atoms with van der Waals surface area (Å²) in [6.45, 7) is 1.47. The molecule has 0 spiro atoms. The fourth-order valence-corrected chi connectivity index (χ4v) is 1.34. The first-order valence-corrected chi connectivity index (χ1v) is 5.13. The van der Waals surface area contributed by atoms with Crippen molar-refractivity contribution >= 4 is 5.91 Å². The van der Waals surface area contributed by atoms with Crippen LogP contribution in [-0.4, -0.2) is 48.1 Å². The average Bonchev–Trinajstić information content (AvgIpc) is 2.29. The molecule has 5 heteroatoms. The molecule has 0 aliphatic carbocycles. The van der Waals surface area contributed by atoms with Crippen LogP contribution in [0.2, 0.25) is 0 Å². The van der Waals surface area contributed by atoms with Crippen LogP contribution in [0.4, 0.5) is 0 Å². The summed E-state index contributed by atoms with van der Waals surface area (Å²) >= 11 is 0. The topological polar surface area (TPSA) is 65.5 Å². The summed E-state index contributed by atoms with van der Waals surface area (Å²) in [5.41, 5.74) is 1.43. The third kappa shape index (κ3) is 3.60. The SMILES string of the molecule is CNC(=O)c1ccc(CN(C)CCO)cn1. The van der Waals surface area contributed by atoms with Gasteiger partial charge in [-0.1, -0.05) is 6.07 Å². The van der Waals surface area contributed by atoms with Gasteiger partial charge in [-0.25, -0.2) is 0 Å². The van der Waals surface area contributed by atoms with Crippen molar-refractivity contribution in [3.8, 4) is 0 Å². The summed E-state index contributed by atoms with van der Waals surface area (Å²) in [5, 5.41) is 11.3. The molecular weight excluding hydrogens is 206 g/mol. The number of carbonyl (C=O) groups excluding carboxylic acids is 1. The molecule has 2 N–H and O–H groups in total. The van der Waals surface area contributed by atoms with Crippen molar-refractivity contribution in [2.45, 2.75) is 6.54 Å². The van der Waals surface area contributed by atoms with E-state index in [1.165, 1.54) is 0 Å². The van der Waals surface area contributed by atoms with Crippen molar-refractivity contribution < 1.29 is 9.90 Å². The van der Waals surface area contributed by atoms with Gasteiger partial charge in [-0.05, 0) is 18.7 Å². The highest BCUT2D eigenvalue weighted by atomic mass is 16.3. The number of aliphatic hydroxyl groups excluding tert-OH is 1. The molecule has 0 bridgehead atoms. The van der Waals surface area contributed by atoms with Crippen molar-refractivity contribution in [3.05, 3.63) is 29.6 Å². The highest BCUT2D eigenvalue weighted by molar-refractivity contribution is 5.91. The van der Waals surface area contributed by atoms with Gasteiger partial charge in [-0.3, -0.25) is 14.7 Å². The van der Waals surface area contributed by atoms with E-state index in [4.69, 9.17) is 5.11 Å². The summed E-state index contributed by atoms with van der Waals surface area (Å²) in [6, 6.07) is 3.56. The minimum atomic E-state index is -0.185. The van der Waals surface area contributed by atoms with Crippen LogP contribution in [0, 0.1) is 0 Å². The number of rotatable bonds is 5. The Morgan fingerprint density at radius 2 is 2.31 bits per heavy atom. The number of nitrogens with one attached hydrogen (secondary N) is 1. The van der Waals surface area contributed by atoms with Crippen LogP contribution in [0.15, 0.2) is 18.3 Å². The number of aromatic nitrogens is 1. The van der Waals surface area contributed by atoms with Gasteiger partial charge in [0.2, 0.25) is 0 Å². The van der Waals surface area contributed by atoms with Crippen molar-refractivity contribution in [1.29, 1.82) is 0 Å². The van der Waals surface area contributed by atoms with Gasteiger partial charge < -0.3 is 10.4 Å². The summed E-state index contributed by atoms with van der Waals surface area (Å²) in [6.07, 6.45) is 1.68. The van der Waals surface area contributed by atoms with Crippen LogP contribution in [0.5, 0.6) is 0 Å². The number of carbonyl (C=O) groups is 1. The molecule has 88 valence electrons. The number of hydrogen-bond acceptors (Lipinski definition) is 4. The highest BCUT2D eigenvalue weighted by Gasteiger charge is 2.05. The summed E-state index contributed by atoms with van der Waals surface area (Å²) < 4.78 is 0. The van der Waals surface area contributed by atoms with E-state index < -0.39 is 0 Å². The predicted octanol–water partition coefficient (Wildman–Crippen LogP) is -0.135. The molecule has 0 saturated carbocycles. The van der Waals surface area contributed by atoms with Gasteiger partial charge in [0, 0.05) is 26.3 Å². The lowest BCUT2D eigenvalue weighted by atomic mass is 10.2. The monoisotopic (exact) mass is 223 g/mol. The van der Waals surface area contributed by atoms with E-state index >= 15 is 0 Å². The molecular formula is C11H17N3O2. The first-order chi connectivity index (χ1) is 7.67. The van der Waals surface area contributed by atoms with Crippen LogP contribution < -0.4 is 5.32 Å². The largest absolute Gasteiger partial charge is 0.395 e. The molecule has 0 aromatic carbocycles. The summed E-state index contributed by atoms with van der Waals surface area (Å²) in [5.74, 6) is -0.185. The van der Waals surface area contributed by atoms with Crippen molar-refractivity contribution in [2.75, 3.05) is 27.2 Å². The molecule has 0 aliphatic rings. The number of hydrogen-bond donors (Lipinski definition) is 2. The number of likely N-dealkylation sites (N-methyl/N-ethyl adjacent to an activating group) is 1. The molecule has 1 aromatic heterocycles. The van der Waals surface area contributed by atoms with Crippen LogP contribution in [0.3, 0.4) is 0 Å². The second-order valence-electron chi connectivity index (χ2n) is 3.59. The van der Waals surface area contributed by atoms with E-state index in [1.807, 2.05) is 18.0 Å². The van der Waals surface area contributed by atoms with Crippen molar-refractivity contribution in [3.63, 3.8) is 0 Å². The summed E-state index contributed by atoms with van der Waals surface area (Å²) in [4.78, 5) is 17.3. The Bertz CT molecular complexity index is 338. The zero-order valence-electron chi connectivity index (χ0n) is 9.60. The first kappa shape index (κ1) is 12.6. The molecule has 0 saturated heterocycles. The molecule has 1 aromatic rings. The van der Waals surface area contributed by atoms with Gasteiger partial charge in [0.25, 0.3) is 5.91 Å². The zero-order chi connectivity index (χ0) is 12.0. The van der Waals surface area contributed by atoms with Crippen LogP contribution in [0.1, 0.15) is 16.1 Å². The molecule has 1 amide bonds. The van der Waals surface area contributed by atoms with Crippen LogP contribution in [0.25, 0.3) is 0 Å². The third-order valence-electron chi connectivity index (χ3n) is 2.22. The van der Waals surface area contributed by atoms with Crippen molar-refractivity contribution in [1.82, 2.24) is 15.2 Å². The Labute approximate surface area is 95.1 Å². The molecule has 0 radical (unpaired) electrons. The minimum absolute atomic E-state index is 0.139. The van der Waals surface area contributed by atoms with E-state index in [1.54, 1.807) is 19.3 Å². The quantitative estimate of drug-likeness (QED) is 0.729. The highest BCUT2D eigenvalue weighted by Crippen LogP contribution is 2.03. The van der Waals surface area contributed by atoms with Gasteiger partial charge in [0.05, 0.1) is 6.61 Å². The maximum Gasteiger partial charge on any atom is 0.269 e. The molecule has 0 unspecified atom stereocenters. The molecule has 16 heavy (non-hydrogen) atoms. The second kappa shape index (κ2) is 6.19. The van der Waals surface area contributed by atoms with Gasteiger partial charge in [0.1, 0.15) is 5.69 Å². The zero-order valence-corrected chi connectivity index (χ0v) is 9.60. The lowest BCUT2D eigenvalue weighted by Gasteiger charge is -2.14. The molecule has 0 atom stereocenters. The second-order valence-corrected chi connectivity index (χ2v) is 3.59. The Morgan fingerprint density at radius 3 is 2.81 bits per heavy atom. The summed E-state index contributed by atoms with van der Waals surface area (Å²) in [7, 11) is 3.50. The molecule has 0 aliphatic heterocycles. The Morgan fingerprint density at radius 1 is 1.56 bits per heavy atom. The van der Waals surface area contributed by atoms with E-state index in [0.29, 0.717) is 18.8 Å². The fourth-order valence-electron chi connectivity index (χ4n) is 1.34. The van der Waals surface area contributed by atoms with E-state index in [0.717, 1.165) is 5.56 Å². The smallest absolute Gasteiger partial charge is 0.269 e. The Balaban J connectivity index is 2.61. The maximum absolute atomic E-state index is 11.2. The Kier molecular flexibility index (Phi) is 4.88. The van der Waals surface area contributed by atoms with Gasteiger partial charge >= 0.3 is 0 Å². The third-order valence-corrected chi connectivity index (χ3v) is 2.22. The van der Waals surface area contributed by atoms with Gasteiger partial charge in [0.15, 0.2) is 0 Å². The van der Waals surface area contributed by atoms with E-state index in [-0.39, 0.29) is 12.5 Å². The number of amides is 1. The lowest BCUT2D eigenvalue weighted by molar-refractivity contribution is 0.0958. The average molecular weight is 223 g/mol. The minimum Gasteiger partial charge on any atom is -0.395 e. The Hall–Kier alpha value is -1.46. The normalized spacial score (nSPS) is 10.5. The fraction of sp³-hybridized carbons (Fsp3) is 0.455. The van der Waals surface area contributed by atoms with Gasteiger partial charge in [-0.15, -0.1) is 0 Å². The van der Waals surface area contributed by atoms with Gasteiger partial charge in [-0.2, -0.15) is 0 Å². The molecule has 1 rings (SSSR count). The number of pyridine rings is 1. The predicted molar refractivity (Wildman–Crippen MR) is 61.0 cm³/mol.